The maximum atomic E-state index is 13.6. The molecule has 1 aliphatic heterocycles. The van der Waals surface area contributed by atoms with Crippen LogP contribution < -0.4 is 10.6 Å². The Kier molecular flexibility index (Phi) is 7.70. The molecule has 1 saturated heterocycles. The van der Waals surface area contributed by atoms with Crippen molar-refractivity contribution in [1.82, 2.24) is 14.9 Å². The van der Waals surface area contributed by atoms with Crippen LogP contribution in [-0.4, -0.2) is 52.3 Å². The number of nitrogens with one attached hydrogen (secondary N) is 3. The molecule has 1 atom stereocenters. The largest absolute Gasteiger partial charge is 0.383 e. The first-order valence-corrected chi connectivity index (χ1v) is 10.6. The second kappa shape index (κ2) is 10.5. The zero-order valence-electron chi connectivity index (χ0n) is 19.1. The molecule has 1 amide bonds. The SMILES string of the molecule is COC[C@H]1C/C(=C/Nc2nc(NC(C)C)ncc2C)C(=N)C(=O)N1Cc1ccc(F)c(F)c1. The van der Waals surface area contributed by atoms with Gasteiger partial charge in [0.25, 0.3) is 5.91 Å². The van der Waals surface area contributed by atoms with Crippen LogP contribution in [0.2, 0.25) is 0 Å². The molecule has 2 heterocycles. The third-order valence-electron chi connectivity index (χ3n) is 5.16. The third kappa shape index (κ3) is 5.89. The number of hydrogen-bond donors (Lipinski definition) is 3. The molecular formula is C23H28F2N6O2. The summed E-state index contributed by atoms with van der Waals surface area (Å²) < 4.78 is 32.2. The number of ether oxygens (including phenoxy) is 1. The van der Waals surface area contributed by atoms with Crippen molar-refractivity contribution in [1.29, 1.82) is 5.41 Å². The molecular weight excluding hydrogens is 430 g/mol. The predicted molar refractivity (Wildman–Crippen MR) is 122 cm³/mol. The van der Waals surface area contributed by atoms with Crippen molar-refractivity contribution in [3.05, 3.63) is 58.9 Å². The Hall–Kier alpha value is -3.40. The normalized spacial score (nSPS) is 17.7. The number of likely N-dealkylation sites (tertiary alicyclic amines) is 1. The molecule has 1 aliphatic rings. The number of carbonyl (C=O) groups excluding carboxylic acids is 1. The first kappa shape index (κ1) is 24.2. The number of aryl methyl sites for hydroxylation is 1. The topological polar surface area (TPSA) is 103 Å². The molecule has 2 aromatic rings. The van der Waals surface area contributed by atoms with Crippen molar-refractivity contribution < 1.29 is 18.3 Å². The number of amides is 1. The van der Waals surface area contributed by atoms with Gasteiger partial charge in [-0.3, -0.25) is 10.2 Å². The molecule has 0 saturated carbocycles. The predicted octanol–water partition coefficient (Wildman–Crippen LogP) is 3.65. The number of halogens is 2. The number of carbonyl (C=O) groups is 1. The van der Waals surface area contributed by atoms with Crippen molar-refractivity contribution in [2.45, 2.75) is 45.8 Å². The lowest BCUT2D eigenvalue weighted by atomic mass is 9.94. The standard InChI is InChI=1S/C23H28F2N6O2/c1-13(2)29-23-28-9-14(3)21(30-23)27-10-16-8-17(12-33-4)31(22(32)20(16)26)11-15-5-6-18(24)19(25)7-15/h5-7,9-10,13,17,26H,8,11-12H2,1-4H3,(H2,27,28,29,30)/b16-10-,26-20?/t17-/m1/s1. The van der Waals surface area contributed by atoms with E-state index in [1.165, 1.54) is 18.1 Å². The molecule has 10 heteroatoms. The number of methoxy groups -OCH3 is 1. The van der Waals surface area contributed by atoms with Gasteiger partial charge >= 0.3 is 0 Å². The van der Waals surface area contributed by atoms with Crippen molar-refractivity contribution in [2.75, 3.05) is 24.4 Å². The Morgan fingerprint density at radius 2 is 2.09 bits per heavy atom. The summed E-state index contributed by atoms with van der Waals surface area (Å²) in [4.78, 5) is 23.2. The molecule has 33 heavy (non-hydrogen) atoms. The summed E-state index contributed by atoms with van der Waals surface area (Å²) in [5, 5.41) is 14.6. The van der Waals surface area contributed by atoms with Gasteiger partial charge in [-0.2, -0.15) is 4.98 Å². The summed E-state index contributed by atoms with van der Waals surface area (Å²) in [7, 11) is 1.52. The fraction of sp³-hybridized carbons (Fsp3) is 0.391. The van der Waals surface area contributed by atoms with E-state index >= 15 is 0 Å². The van der Waals surface area contributed by atoms with E-state index in [9.17, 15) is 13.6 Å². The number of hydrogen-bond acceptors (Lipinski definition) is 7. The number of anilines is 2. The molecule has 176 valence electrons. The average molecular weight is 459 g/mol. The van der Waals surface area contributed by atoms with Crippen molar-refractivity contribution in [3.63, 3.8) is 0 Å². The number of aromatic nitrogens is 2. The van der Waals surface area contributed by atoms with Crippen LogP contribution in [0.25, 0.3) is 0 Å². The molecule has 8 nitrogen and oxygen atoms in total. The van der Waals surface area contributed by atoms with Crippen LogP contribution in [0.15, 0.2) is 36.2 Å². The Morgan fingerprint density at radius 1 is 1.33 bits per heavy atom. The minimum Gasteiger partial charge on any atom is -0.383 e. The van der Waals surface area contributed by atoms with E-state index in [2.05, 4.69) is 20.6 Å². The maximum Gasteiger partial charge on any atom is 0.272 e. The second-order valence-corrected chi connectivity index (χ2v) is 8.21. The van der Waals surface area contributed by atoms with Gasteiger partial charge in [0.2, 0.25) is 5.95 Å². The third-order valence-corrected chi connectivity index (χ3v) is 5.16. The monoisotopic (exact) mass is 458 g/mol. The van der Waals surface area contributed by atoms with Gasteiger partial charge < -0.3 is 20.3 Å². The van der Waals surface area contributed by atoms with E-state index in [1.54, 1.807) is 12.4 Å². The van der Waals surface area contributed by atoms with Gasteiger partial charge in [-0.25, -0.2) is 13.8 Å². The van der Waals surface area contributed by atoms with Gasteiger partial charge in [0.1, 0.15) is 11.5 Å². The molecule has 1 fully saturated rings. The summed E-state index contributed by atoms with van der Waals surface area (Å²) >= 11 is 0. The lowest BCUT2D eigenvalue weighted by Gasteiger charge is -2.36. The van der Waals surface area contributed by atoms with Gasteiger partial charge in [0.05, 0.1) is 12.6 Å². The van der Waals surface area contributed by atoms with Gasteiger partial charge in [-0.1, -0.05) is 6.07 Å². The van der Waals surface area contributed by atoms with Gasteiger partial charge in [-0.15, -0.1) is 0 Å². The van der Waals surface area contributed by atoms with E-state index in [0.29, 0.717) is 29.3 Å². The molecule has 1 aromatic heterocycles. The highest BCUT2D eigenvalue weighted by molar-refractivity contribution is 6.44. The Bertz CT molecular complexity index is 1070. The molecule has 1 aromatic carbocycles. The highest BCUT2D eigenvalue weighted by Gasteiger charge is 2.35. The van der Waals surface area contributed by atoms with Crippen LogP contribution in [0.3, 0.4) is 0 Å². The van der Waals surface area contributed by atoms with Crippen molar-refractivity contribution >= 4 is 23.4 Å². The zero-order valence-corrected chi connectivity index (χ0v) is 19.1. The lowest BCUT2D eigenvalue weighted by Crippen LogP contribution is -2.50. The summed E-state index contributed by atoms with van der Waals surface area (Å²) in [5.41, 5.74) is 1.57. The first-order valence-electron chi connectivity index (χ1n) is 10.6. The minimum atomic E-state index is -0.980. The highest BCUT2D eigenvalue weighted by Crippen LogP contribution is 2.25. The summed E-state index contributed by atoms with van der Waals surface area (Å²) in [6, 6.07) is 3.30. The van der Waals surface area contributed by atoms with Crippen LogP contribution in [0.1, 0.15) is 31.4 Å². The van der Waals surface area contributed by atoms with Crippen molar-refractivity contribution in [3.8, 4) is 0 Å². The van der Waals surface area contributed by atoms with E-state index in [0.717, 1.165) is 17.7 Å². The molecule has 0 unspecified atom stereocenters. The van der Waals surface area contributed by atoms with E-state index in [4.69, 9.17) is 10.1 Å². The van der Waals surface area contributed by atoms with Crippen LogP contribution >= 0.6 is 0 Å². The van der Waals surface area contributed by atoms with E-state index in [1.807, 2.05) is 20.8 Å². The van der Waals surface area contributed by atoms with Crippen LogP contribution in [0.5, 0.6) is 0 Å². The van der Waals surface area contributed by atoms with E-state index in [-0.39, 0.29) is 30.9 Å². The van der Waals surface area contributed by atoms with Crippen LogP contribution in [0, 0.1) is 24.0 Å². The fourth-order valence-electron chi connectivity index (χ4n) is 3.49. The molecule has 0 aliphatic carbocycles. The Balaban J connectivity index is 1.80. The van der Waals surface area contributed by atoms with Gasteiger partial charge in [0.15, 0.2) is 11.6 Å². The number of benzene rings is 1. The molecule has 0 spiro atoms. The molecule has 0 radical (unpaired) electrons. The van der Waals surface area contributed by atoms with Crippen LogP contribution in [-0.2, 0) is 16.1 Å². The lowest BCUT2D eigenvalue weighted by molar-refractivity contribution is -0.129. The second-order valence-electron chi connectivity index (χ2n) is 8.21. The number of nitrogens with zero attached hydrogens (tertiary/aromatic N) is 3. The van der Waals surface area contributed by atoms with Crippen LogP contribution in [0.4, 0.5) is 20.5 Å². The summed E-state index contributed by atoms with van der Waals surface area (Å²) in [6.45, 7) is 6.09. The number of piperidine rings is 1. The molecule has 0 bridgehead atoms. The van der Waals surface area contributed by atoms with Crippen molar-refractivity contribution in [2.24, 2.45) is 0 Å². The highest BCUT2D eigenvalue weighted by atomic mass is 19.2. The Morgan fingerprint density at radius 3 is 2.76 bits per heavy atom. The molecule has 3 rings (SSSR count). The number of rotatable bonds is 8. The average Bonchev–Trinajstić information content (AvgIpc) is 2.76. The zero-order chi connectivity index (χ0) is 24.1. The minimum absolute atomic E-state index is 0.0440. The van der Waals surface area contributed by atoms with E-state index < -0.39 is 17.5 Å². The Labute approximate surface area is 191 Å². The quantitative estimate of drug-likeness (QED) is 0.558. The fourth-order valence-corrected chi connectivity index (χ4v) is 3.49. The first-order chi connectivity index (χ1) is 15.7. The smallest absolute Gasteiger partial charge is 0.272 e. The summed E-state index contributed by atoms with van der Waals surface area (Å²) in [6.07, 6.45) is 3.65. The maximum absolute atomic E-state index is 13.6. The molecule has 3 N–H and O–H groups in total. The summed E-state index contributed by atoms with van der Waals surface area (Å²) in [5.74, 6) is -1.41. The van der Waals surface area contributed by atoms with Gasteiger partial charge in [-0.05, 0) is 44.9 Å². The van der Waals surface area contributed by atoms with Gasteiger partial charge in [0, 0.05) is 43.2 Å².